The highest BCUT2D eigenvalue weighted by atomic mass is 32.1. The van der Waals surface area contributed by atoms with Gasteiger partial charge < -0.3 is 20.6 Å². The molecule has 1 atom stereocenters. The summed E-state index contributed by atoms with van der Waals surface area (Å²) in [5.41, 5.74) is 5.27. The molecular formula is C15H23N5O2S. The average molecular weight is 337 g/mol. The molecule has 4 rings (SSSR count). The highest BCUT2D eigenvalue weighted by molar-refractivity contribution is 7.18. The van der Waals surface area contributed by atoms with Crippen molar-refractivity contribution in [1.29, 1.82) is 0 Å². The SMILES string of the molecule is Nc1nnc(N2CCC3(CC2)CC(O)CN(CC2CC2)C3=O)s1. The van der Waals surface area contributed by atoms with Gasteiger partial charge in [0.25, 0.3) is 0 Å². The number of nitrogens with zero attached hydrogens (tertiary/aromatic N) is 4. The molecule has 1 amide bonds. The Labute approximate surface area is 139 Å². The topological polar surface area (TPSA) is 95.6 Å². The Balaban J connectivity index is 1.46. The number of aromatic nitrogens is 2. The lowest BCUT2D eigenvalue weighted by Gasteiger charge is -2.47. The van der Waals surface area contributed by atoms with Crippen LogP contribution in [0.15, 0.2) is 0 Å². The number of carbonyl (C=O) groups excluding carboxylic acids is 1. The number of amides is 1. The second-order valence-electron chi connectivity index (χ2n) is 7.20. The maximum absolute atomic E-state index is 13.0. The summed E-state index contributed by atoms with van der Waals surface area (Å²) < 4.78 is 0. The van der Waals surface area contributed by atoms with Crippen LogP contribution in [0.25, 0.3) is 0 Å². The van der Waals surface area contributed by atoms with Crippen molar-refractivity contribution >= 4 is 27.5 Å². The number of nitrogens with two attached hydrogens (primary N) is 1. The molecule has 1 aromatic heterocycles. The van der Waals surface area contributed by atoms with Gasteiger partial charge in [0.2, 0.25) is 16.2 Å². The Morgan fingerprint density at radius 2 is 2.04 bits per heavy atom. The highest BCUT2D eigenvalue weighted by Crippen LogP contribution is 2.43. The van der Waals surface area contributed by atoms with Crippen LogP contribution in [0.2, 0.25) is 0 Å². The molecule has 0 radical (unpaired) electrons. The summed E-state index contributed by atoms with van der Waals surface area (Å²) in [7, 11) is 0. The fourth-order valence-electron chi connectivity index (χ4n) is 3.94. The molecule has 1 saturated carbocycles. The molecule has 1 aromatic rings. The van der Waals surface area contributed by atoms with Crippen LogP contribution in [0.5, 0.6) is 0 Å². The van der Waals surface area contributed by atoms with E-state index in [2.05, 4.69) is 15.1 Å². The maximum atomic E-state index is 13.0. The minimum atomic E-state index is -0.393. The van der Waals surface area contributed by atoms with Crippen molar-refractivity contribution in [3.05, 3.63) is 0 Å². The Morgan fingerprint density at radius 3 is 2.65 bits per heavy atom. The molecule has 3 heterocycles. The van der Waals surface area contributed by atoms with E-state index >= 15 is 0 Å². The molecule has 8 heteroatoms. The molecule has 1 aliphatic carbocycles. The number of carbonyl (C=O) groups is 1. The maximum Gasteiger partial charge on any atom is 0.229 e. The minimum absolute atomic E-state index is 0.256. The molecule has 0 bridgehead atoms. The van der Waals surface area contributed by atoms with Crippen molar-refractivity contribution in [2.24, 2.45) is 11.3 Å². The largest absolute Gasteiger partial charge is 0.391 e. The average Bonchev–Trinajstić information content (AvgIpc) is 3.24. The Morgan fingerprint density at radius 1 is 1.30 bits per heavy atom. The molecule has 2 saturated heterocycles. The van der Waals surface area contributed by atoms with E-state index < -0.39 is 6.10 Å². The first kappa shape index (κ1) is 15.1. The molecule has 126 valence electrons. The number of hydrogen-bond donors (Lipinski definition) is 2. The number of anilines is 2. The van der Waals surface area contributed by atoms with Crippen LogP contribution in [0.1, 0.15) is 32.1 Å². The van der Waals surface area contributed by atoms with Crippen molar-refractivity contribution in [3.8, 4) is 0 Å². The summed E-state index contributed by atoms with van der Waals surface area (Å²) in [6, 6.07) is 0. The van der Waals surface area contributed by atoms with Gasteiger partial charge in [0.05, 0.1) is 11.5 Å². The predicted molar refractivity (Wildman–Crippen MR) is 88.1 cm³/mol. The number of aliphatic hydroxyl groups excluding tert-OH is 1. The van der Waals surface area contributed by atoms with Crippen LogP contribution in [0.4, 0.5) is 10.3 Å². The number of nitrogen functional groups attached to an aromatic ring is 1. The van der Waals surface area contributed by atoms with Gasteiger partial charge in [-0.3, -0.25) is 4.79 Å². The molecule has 3 fully saturated rings. The lowest BCUT2D eigenvalue weighted by atomic mass is 9.71. The van der Waals surface area contributed by atoms with Crippen LogP contribution in [-0.2, 0) is 4.79 Å². The van der Waals surface area contributed by atoms with E-state index in [1.165, 1.54) is 24.2 Å². The van der Waals surface area contributed by atoms with Crippen molar-refractivity contribution in [3.63, 3.8) is 0 Å². The second kappa shape index (κ2) is 5.59. The Bertz CT molecular complexity index is 592. The van der Waals surface area contributed by atoms with E-state index in [0.717, 1.165) is 37.6 Å². The van der Waals surface area contributed by atoms with Gasteiger partial charge in [-0.2, -0.15) is 0 Å². The van der Waals surface area contributed by atoms with Crippen molar-refractivity contribution in [1.82, 2.24) is 15.1 Å². The molecule has 3 aliphatic rings. The summed E-state index contributed by atoms with van der Waals surface area (Å²) >= 11 is 1.38. The van der Waals surface area contributed by atoms with Gasteiger partial charge in [-0.25, -0.2) is 0 Å². The van der Waals surface area contributed by atoms with Gasteiger partial charge in [-0.1, -0.05) is 11.3 Å². The lowest BCUT2D eigenvalue weighted by Crippen LogP contribution is -2.58. The first-order valence-electron chi connectivity index (χ1n) is 8.37. The first-order valence-corrected chi connectivity index (χ1v) is 9.19. The number of piperidine rings is 2. The second-order valence-corrected chi connectivity index (χ2v) is 8.19. The fourth-order valence-corrected chi connectivity index (χ4v) is 4.61. The first-order chi connectivity index (χ1) is 11.1. The van der Waals surface area contributed by atoms with Gasteiger partial charge in [-0.15, -0.1) is 10.2 Å². The summed E-state index contributed by atoms with van der Waals surface area (Å²) in [5.74, 6) is 0.914. The zero-order chi connectivity index (χ0) is 16.0. The smallest absolute Gasteiger partial charge is 0.229 e. The number of rotatable bonds is 3. The number of likely N-dealkylation sites (tertiary alicyclic amines) is 1. The van der Waals surface area contributed by atoms with Crippen LogP contribution < -0.4 is 10.6 Å². The summed E-state index contributed by atoms with van der Waals surface area (Å²) in [4.78, 5) is 17.1. The van der Waals surface area contributed by atoms with Crippen LogP contribution >= 0.6 is 11.3 Å². The van der Waals surface area contributed by atoms with Crippen LogP contribution in [0.3, 0.4) is 0 Å². The molecule has 23 heavy (non-hydrogen) atoms. The van der Waals surface area contributed by atoms with Crippen LogP contribution in [0, 0.1) is 11.3 Å². The minimum Gasteiger partial charge on any atom is -0.391 e. The number of aliphatic hydroxyl groups is 1. The third kappa shape index (κ3) is 2.89. The van der Waals surface area contributed by atoms with Gasteiger partial charge in [0, 0.05) is 26.2 Å². The van der Waals surface area contributed by atoms with Crippen molar-refractivity contribution in [2.45, 2.75) is 38.2 Å². The predicted octanol–water partition coefficient (Wildman–Crippen LogP) is 0.710. The van der Waals surface area contributed by atoms with Gasteiger partial charge >= 0.3 is 0 Å². The summed E-state index contributed by atoms with van der Waals surface area (Å²) in [5, 5.41) is 19.6. The molecular weight excluding hydrogens is 314 g/mol. The van der Waals surface area contributed by atoms with Crippen molar-refractivity contribution in [2.75, 3.05) is 36.8 Å². The molecule has 1 spiro atoms. The van der Waals surface area contributed by atoms with Gasteiger partial charge in [0.1, 0.15) is 0 Å². The lowest BCUT2D eigenvalue weighted by molar-refractivity contribution is -0.154. The summed E-state index contributed by atoms with van der Waals surface area (Å²) in [6.07, 6.45) is 4.18. The monoisotopic (exact) mass is 337 g/mol. The molecule has 3 N–H and O–H groups in total. The fraction of sp³-hybridized carbons (Fsp3) is 0.800. The molecule has 1 unspecified atom stereocenters. The van der Waals surface area contributed by atoms with E-state index in [1.54, 1.807) is 0 Å². The van der Waals surface area contributed by atoms with Gasteiger partial charge in [0.15, 0.2) is 0 Å². The molecule has 2 aliphatic heterocycles. The van der Waals surface area contributed by atoms with E-state index in [1.807, 2.05) is 4.90 Å². The van der Waals surface area contributed by atoms with E-state index in [-0.39, 0.29) is 11.3 Å². The number of hydrogen-bond acceptors (Lipinski definition) is 7. The van der Waals surface area contributed by atoms with E-state index in [9.17, 15) is 9.90 Å². The summed E-state index contributed by atoms with van der Waals surface area (Å²) in [6.45, 7) is 2.87. The Hall–Kier alpha value is -1.41. The quantitative estimate of drug-likeness (QED) is 0.843. The van der Waals surface area contributed by atoms with E-state index in [4.69, 9.17) is 5.73 Å². The molecule has 7 nitrogen and oxygen atoms in total. The molecule has 0 aromatic carbocycles. The van der Waals surface area contributed by atoms with Gasteiger partial charge in [-0.05, 0) is 38.0 Å². The standard InChI is InChI=1S/C15H23N5O2S/c16-13-17-18-14(23-13)19-5-3-15(4-6-19)7-11(21)9-20(12(15)22)8-10-1-2-10/h10-11,21H,1-9H2,(H2,16,17). The Kier molecular flexibility index (Phi) is 3.68. The normalized spacial score (nSPS) is 27.7. The van der Waals surface area contributed by atoms with Crippen LogP contribution in [-0.4, -0.2) is 58.4 Å². The third-order valence-electron chi connectivity index (χ3n) is 5.39. The third-order valence-corrected chi connectivity index (χ3v) is 6.21. The zero-order valence-electron chi connectivity index (χ0n) is 13.1. The zero-order valence-corrected chi connectivity index (χ0v) is 14.0. The highest BCUT2D eigenvalue weighted by Gasteiger charge is 2.49. The number of β-amino-alcohol motifs (C(OH)–C–C–N with tert-alkyl or cyclic N) is 1. The van der Waals surface area contributed by atoms with E-state index in [0.29, 0.717) is 24.0 Å². The van der Waals surface area contributed by atoms with Crippen molar-refractivity contribution < 1.29 is 9.90 Å².